The molecule has 0 radical (unpaired) electrons. The van der Waals surface area contributed by atoms with Gasteiger partial charge in [-0.15, -0.1) is 0 Å². The lowest BCUT2D eigenvalue weighted by Gasteiger charge is -2.32. The van der Waals surface area contributed by atoms with Gasteiger partial charge in [0.1, 0.15) is 5.78 Å². The Kier molecular flexibility index (Phi) is 8.29. The summed E-state index contributed by atoms with van der Waals surface area (Å²) in [5.74, 6) is -0.517. The van der Waals surface area contributed by atoms with Crippen LogP contribution in [-0.2, 0) is 33.7 Å². The highest BCUT2D eigenvalue weighted by Crippen LogP contribution is 2.48. The van der Waals surface area contributed by atoms with E-state index >= 15 is 0 Å². The van der Waals surface area contributed by atoms with Crippen LogP contribution < -0.4 is 0 Å². The molecule has 2 atom stereocenters. The molecule has 2 unspecified atom stereocenters. The summed E-state index contributed by atoms with van der Waals surface area (Å²) in [7, 11) is 1.32. The zero-order valence-electron chi connectivity index (χ0n) is 22.9. The Morgan fingerprint density at radius 1 is 0.951 bits per heavy atom. The molecule has 1 aliphatic heterocycles. The van der Waals surface area contributed by atoms with Crippen LogP contribution >= 0.6 is 0 Å². The number of ketones is 1. The third-order valence-electron chi connectivity index (χ3n) is 8.15. The summed E-state index contributed by atoms with van der Waals surface area (Å²) in [6, 6.07) is 21.0. The summed E-state index contributed by atoms with van der Waals surface area (Å²) >= 11 is 0. The molecule has 0 bridgehead atoms. The monoisotopic (exact) mass is 563 g/mol. The Bertz CT molecular complexity index is 1450. The minimum Gasteiger partial charge on any atom is -0.465 e. The molecule has 41 heavy (non-hydrogen) atoms. The maximum absolute atomic E-state index is 13.1. The van der Waals surface area contributed by atoms with Crippen LogP contribution in [0.3, 0.4) is 0 Å². The van der Waals surface area contributed by atoms with E-state index in [1.807, 2.05) is 48.5 Å². The number of methoxy groups -OCH3 is 1. The topological polar surface area (TPSA) is 63.7 Å². The highest BCUT2D eigenvalue weighted by Gasteiger charge is 2.43. The lowest BCUT2D eigenvalue weighted by atomic mass is 9.85. The fraction of sp³-hybridized carbons (Fsp3) is 0.364. The number of fused-ring (bicyclic) bond motifs is 1. The first-order valence-corrected chi connectivity index (χ1v) is 13.9. The number of rotatable bonds is 9. The number of aryl methyl sites for hydroxylation is 1. The molecular formula is C33H32F3NO4. The molecule has 214 valence electrons. The van der Waals surface area contributed by atoms with Crippen LogP contribution in [-0.4, -0.2) is 42.4 Å². The molecule has 5 rings (SSSR count). The number of alkyl halides is 3. The van der Waals surface area contributed by atoms with Crippen molar-refractivity contribution in [2.75, 3.05) is 13.7 Å². The van der Waals surface area contributed by atoms with Crippen LogP contribution in [0.15, 0.2) is 66.7 Å². The maximum Gasteiger partial charge on any atom is 0.389 e. The summed E-state index contributed by atoms with van der Waals surface area (Å²) in [6.45, 7) is 0.493. The van der Waals surface area contributed by atoms with Crippen molar-refractivity contribution in [3.8, 4) is 11.1 Å². The van der Waals surface area contributed by atoms with Gasteiger partial charge in [0.15, 0.2) is 0 Å². The number of carbonyl (C=O) groups is 3. The standard InChI is InChI=1S/C33H32F3NO4/c1-41-32(40)24-9-5-8-23(18-24)25-12-10-22(11-13-30(38)28-19-27(28)21-6-3-2-4-7-21)29-20-37(17-15-26(25)29)31(39)14-16-33(34,35)36/h2-10,12,18,27-28H,11,13-17,19-20H2,1H3. The van der Waals surface area contributed by atoms with Crippen molar-refractivity contribution in [3.63, 3.8) is 0 Å². The van der Waals surface area contributed by atoms with E-state index in [2.05, 4.69) is 0 Å². The number of ether oxygens (including phenoxy) is 1. The highest BCUT2D eigenvalue weighted by molar-refractivity contribution is 5.91. The number of amides is 1. The Hall–Kier alpha value is -3.94. The average molecular weight is 564 g/mol. The Morgan fingerprint density at radius 3 is 2.46 bits per heavy atom. The van der Waals surface area contributed by atoms with Gasteiger partial charge in [-0.3, -0.25) is 9.59 Å². The molecule has 3 aromatic carbocycles. The zero-order chi connectivity index (χ0) is 29.1. The van der Waals surface area contributed by atoms with Gasteiger partial charge in [0.2, 0.25) is 5.91 Å². The second kappa shape index (κ2) is 11.9. The van der Waals surface area contributed by atoms with Gasteiger partial charge in [0, 0.05) is 31.8 Å². The first-order chi connectivity index (χ1) is 19.6. The Labute approximate surface area is 237 Å². The van der Waals surface area contributed by atoms with Gasteiger partial charge in [-0.05, 0) is 70.7 Å². The zero-order valence-corrected chi connectivity index (χ0v) is 22.9. The fourth-order valence-corrected chi connectivity index (χ4v) is 5.86. The van der Waals surface area contributed by atoms with Crippen molar-refractivity contribution in [2.24, 2.45) is 5.92 Å². The molecule has 1 amide bonds. The molecule has 0 N–H and O–H groups in total. The smallest absolute Gasteiger partial charge is 0.389 e. The van der Waals surface area contributed by atoms with Crippen molar-refractivity contribution < 1.29 is 32.3 Å². The molecule has 5 nitrogen and oxygen atoms in total. The second-order valence-corrected chi connectivity index (χ2v) is 10.8. The molecule has 1 fully saturated rings. The predicted molar refractivity (Wildman–Crippen MR) is 148 cm³/mol. The van der Waals surface area contributed by atoms with Gasteiger partial charge in [0.25, 0.3) is 0 Å². The first-order valence-electron chi connectivity index (χ1n) is 13.9. The Morgan fingerprint density at radius 2 is 1.73 bits per heavy atom. The van der Waals surface area contributed by atoms with Gasteiger partial charge in [-0.25, -0.2) is 4.79 Å². The van der Waals surface area contributed by atoms with Gasteiger partial charge in [-0.2, -0.15) is 13.2 Å². The number of carbonyl (C=O) groups excluding carboxylic acids is 3. The van der Waals surface area contributed by atoms with Crippen LogP contribution in [0.5, 0.6) is 0 Å². The number of benzene rings is 3. The number of hydrogen-bond acceptors (Lipinski definition) is 4. The SMILES string of the molecule is COC(=O)c1cccc(-c2ccc(CCC(=O)C3CC3c3ccccc3)c3c2CCN(C(=O)CCC(F)(F)F)C3)c1. The minimum atomic E-state index is -4.40. The van der Waals surface area contributed by atoms with Crippen LogP contribution in [0.25, 0.3) is 11.1 Å². The van der Waals surface area contributed by atoms with Crippen molar-refractivity contribution in [3.05, 3.63) is 94.5 Å². The van der Waals surface area contributed by atoms with E-state index in [0.717, 1.165) is 34.2 Å². The van der Waals surface area contributed by atoms with Crippen molar-refractivity contribution >= 4 is 17.7 Å². The van der Waals surface area contributed by atoms with Gasteiger partial charge in [-0.1, -0.05) is 54.6 Å². The summed E-state index contributed by atoms with van der Waals surface area (Å²) in [6.07, 6.45) is -3.97. The van der Waals surface area contributed by atoms with Crippen LogP contribution in [0.2, 0.25) is 0 Å². The molecule has 1 saturated carbocycles. The van der Waals surface area contributed by atoms with Crippen molar-refractivity contribution in [1.82, 2.24) is 4.90 Å². The van der Waals surface area contributed by atoms with Crippen LogP contribution in [0, 0.1) is 5.92 Å². The summed E-state index contributed by atoms with van der Waals surface area (Å²) in [4.78, 5) is 39.4. The number of halogens is 3. The van der Waals surface area contributed by atoms with E-state index in [1.165, 1.54) is 17.6 Å². The molecule has 0 aromatic heterocycles. The quantitative estimate of drug-likeness (QED) is 0.273. The van der Waals surface area contributed by atoms with Gasteiger partial charge < -0.3 is 9.64 Å². The fourth-order valence-electron chi connectivity index (χ4n) is 5.86. The van der Waals surface area contributed by atoms with Crippen molar-refractivity contribution in [2.45, 2.75) is 57.2 Å². The summed E-state index contributed by atoms with van der Waals surface area (Å²) < 4.78 is 43.2. The first kappa shape index (κ1) is 28.6. The van der Waals surface area contributed by atoms with E-state index in [0.29, 0.717) is 31.4 Å². The number of Topliss-reactive ketones (excluding diaryl/α,β-unsaturated/α-hetero) is 1. The summed E-state index contributed by atoms with van der Waals surface area (Å²) in [5.41, 5.74) is 6.08. The molecular weight excluding hydrogens is 531 g/mol. The third kappa shape index (κ3) is 6.69. The Balaban J connectivity index is 1.39. The number of nitrogens with zero attached hydrogens (tertiary/aromatic N) is 1. The predicted octanol–water partition coefficient (Wildman–Crippen LogP) is 6.67. The third-order valence-corrected chi connectivity index (χ3v) is 8.15. The molecule has 8 heteroatoms. The molecule has 1 aliphatic carbocycles. The van der Waals surface area contributed by atoms with E-state index in [4.69, 9.17) is 4.74 Å². The normalized spacial score (nSPS) is 18.0. The van der Waals surface area contributed by atoms with Gasteiger partial charge in [0.05, 0.1) is 19.1 Å². The molecule has 1 heterocycles. The van der Waals surface area contributed by atoms with E-state index in [1.54, 1.807) is 18.2 Å². The molecule has 0 spiro atoms. The number of hydrogen-bond donors (Lipinski definition) is 0. The van der Waals surface area contributed by atoms with Crippen molar-refractivity contribution in [1.29, 1.82) is 0 Å². The second-order valence-electron chi connectivity index (χ2n) is 10.8. The number of esters is 1. The maximum atomic E-state index is 13.1. The summed E-state index contributed by atoms with van der Waals surface area (Å²) in [5, 5.41) is 0. The lowest BCUT2D eigenvalue weighted by molar-refractivity contribution is -0.149. The van der Waals surface area contributed by atoms with Gasteiger partial charge >= 0.3 is 12.1 Å². The van der Waals surface area contributed by atoms with E-state index < -0.39 is 30.9 Å². The minimum absolute atomic E-state index is 0.00834. The molecule has 3 aromatic rings. The lowest BCUT2D eigenvalue weighted by Crippen LogP contribution is -2.37. The average Bonchev–Trinajstić information content (AvgIpc) is 3.79. The largest absolute Gasteiger partial charge is 0.465 e. The molecule has 2 aliphatic rings. The van der Waals surface area contributed by atoms with E-state index in [9.17, 15) is 27.6 Å². The van der Waals surface area contributed by atoms with Crippen LogP contribution in [0.1, 0.15) is 64.2 Å². The van der Waals surface area contributed by atoms with Crippen LogP contribution in [0.4, 0.5) is 13.2 Å². The highest BCUT2D eigenvalue weighted by atomic mass is 19.4. The van der Waals surface area contributed by atoms with E-state index in [-0.39, 0.29) is 24.2 Å². The molecule has 0 saturated heterocycles.